The molecule has 0 saturated heterocycles. The van der Waals surface area contributed by atoms with Gasteiger partial charge in [0.1, 0.15) is 0 Å². The summed E-state index contributed by atoms with van der Waals surface area (Å²) >= 11 is 0. The summed E-state index contributed by atoms with van der Waals surface area (Å²) in [7, 11) is -2.72. The SMILES string of the molecule is c1ccc(-c2ccc(-p3c4cc5c6ccccc6n(-c6nc(-c7ccccc7)c7ccccc7n6)p(-c6ccc(-c7ccccc7)cc6)c5cc4c4ccccc4n3-c3nc(-c4ccccc4)c4ccccc4n3)cc2)cc1. The molecule has 0 saturated carbocycles. The number of nitrogens with zero attached hydrogens (tertiary/aromatic N) is 6. The lowest BCUT2D eigenvalue weighted by atomic mass is 10.1. The molecule has 6 nitrogen and oxygen atoms in total. The topological polar surface area (TPSA) is 61.4 Å². The van der Waals surface area contributed by atoms with Gasteiger partial charge < -0.3 is 0 Å². The Bertz CT molecular complexity index is 4500. The Hall–Kier alpha value is -9.70. The van der Waals surface area contributed by atoms with Crippen LogP contribution in [0.4, 0.5) is 0 Å². The van der Waals surface area contributed by atoms with Crippen molar-refractivity contribution >= 4 is 80.0 Å². The van der Waals surface area contributed by atoms with E-state index in [1.54, 1.807) is 0 Å². The van der Waals surface area contributed by atoms with Gasteiger partial charge in [0, 0.05) is 53.5 Å². The highest BCUT2D eigenvalue weighted by Gasteiger charge is 2.25. The molecular weight excluding hydrogens is 987 g/mol. The van der Waals surface area contributed by atoms with Gasteiger partial charge in [-0.1, -0.05) is 218 Å². The maximum atomic E-state index is 5.62. The molecule has 0 bridgehead atoms. The summed E-state index contributed by atoms with van der Waals surface area (Å²) in [4.78, 5) is 22.3. The Morgan fingerprint density at radius 3 is 0.936 bits per heavy atom. The van der Waals surface area contributed by atoms with Crippen LogP contribution in [0.5, 0.6) is 0 Å². The van der Waals surface area contributed by atoms with Gasteiger partial charge in [0.25, 0.3) is 0 Å². The van der Waals surface area contributed by atoms with Crippen LogP contribution < -0.4 is 0 Å². The molecule has 2 atom stereocenters. The molecule has 78 heavy (non-hydrogen) atoms. The van der Waals surface area contributed by atoms with Crippen molar-refractivity contribution in [3.8, 4) is 67.3 Å². The molecule has 8 heteroatoms. The Balaban J connectivity index is 1.09. The fraction of sp³-hybridized carbons (Fsp3) is 0. The van der Waals surface area contributed by atoms with E-state index in [0.29, 0.717) is 11.9 Å². The summed E-state index contributed by atoms with van der Waals surface area (Å²) in [6.45, 7) is 0. The largest absolute Gasteiger partial charge is 0.264 e. The third-order valence-corrected chi connectivity index (χ3v) is 19.7. The molecule has 366 valence electrons. The van der Waals surface area contributed by atoms with Crippen molar-refractivity contribution in [3.63, 3.8) is 0 Å². The fourth-order valence-corrected chi connectivity index (χ4v) is 16.2. The monoisotopic (exact) mass is 1030 g/mol. The van der Waals surface area contributed by atoms with Crippen LogP contribution >= 0.6 is 15.4 Å². The zero-order chi connectivity index (χ0) is 51.5. The highest BCUT2D eigenvalue weighted by atomic mass is 31.1. The summed E-state index contributed by atoms with van der Waals surface area (Å²) in [6.07, 6.45) is 0. The van der Waals surface area contributed by atoms with E-state index in [0.717, 1.165) is 66.1 Å². The van der Waals surface area contributed by atoms with E-state index in [1.165, 1.54) is 53.9 Å². The van der Waals surface area contributed by atoms with Crippen molar-refractivity contribution in [3.05, 3.63) is 279 Å². The first-order valence-corrected chi connectivity index (χ1v) is 28.8. The molecule has 0 aliphatic heterocycles. The Morgan fingerprint density at radius 2 is 0.551 bits per heavy atom. The zero-order valence-corrected chi connectivity index (χ0v) is 43.9. The number of aromatic nitrogens is 6. The van der Waals surface area contributed by atoms with E-state index >= 15 is 0 Å². The second-order valence-electron chi connectivity index (χ2n) is 19.5. The summed E-state index contributed by atoms with van der Waals surface area (Å²) < 4.78 is 4.91. The molecule has 4 aromatic heterocycles. The lowest BCUT2D eigenvalue weighted by Crippen LogP contribution is -2.06. The van der Waals surface area contributed by atoms with Crippen molar-refractivity contribution in [1.82, 2.24) is 28.6 Å². The maximum absolute atomic E-state index is 5.62. The van der Waals surface area contributed by atoms with E-state index < -0.39 is 15.4 Å². The molecule has 15 rings (SSSR count). The van der Waals surface area contributed by atoms with Crippen molar-refractivity contribution in [1.29, 1.82) is 0 Å². The molecule has 2 unspecified atom stereocenters. The van der Waals surface area contributed by atoms with E-state index in [-0.39, 0.29) is 0 Å². The van der Waals surface area contributed by atoms with Crippen LogP contribution in [0.25, 0.3) is 132 Å². The van der Waals surface area contributed by atoms with Crippen molar-refractivity contribution in [2.24, 2.45) is 0 Å². The number of para-hydroxylation sites is 4. The molecule has 4 heterocycles. The Morgan fingerprint density at radius 1 is 0.244 bits per heavy atom. The van der Waals surface area contributed by atoms with Gasteiger partial charge in [0.2, 0.25) is 11.9 Å². The zero-order valence-electron chi connectivity index (χ0n) is 42.1. The summed E-state index contributed by atoms with van der Waals surface area (Å²) in [5, 5.41) is 11.5. The lowest BCUT2D eigenvalue weighted by Gasteiger charge is -2.24. The first kappa shape index (κ1) is 45.7. The van der Waals surface area contributed by atoms with Crippen LogP contribution in [-0.2, 0) is 0 Å². The molecule has 0 aliphatic rings. The van der Waals surface area contributed by atoms with Gasteiger partial charge in [0.15, 0.2) is 0 Å². The Labute approximate surface area is 452 Å². The third-order valence-electron chi connectivity index (χ3n) is 14.9. The van der Waals surface area contributed by atoms with Gasteiger partial charge in [-0.15, -0.1) is 0 Å². The molecule has 0 radical (unpaired) electrons. The average molecular weight is 1030 g/mol. The van der Waals surface area contributed by atoms with Crippen LogP contribution in [0, 0.1) is 0 Å². The molecular formula is C70H46N6P2. The smallest absolute Gasteiger partial charge is 0.238 e. The second kappa shape index (κ2) is 19.1. The van der Waals surface area contributed by atoms with Crippen LogP contribution in [0.3, 0.4) is 0 Å². The molecule has 0 aliphatic carbocycles. The minimum atomic E-state index is -1.36. The normalized spacial score (nSPS) is 12.1. The predicted octanol–water partition coefficient (Wildman–Crippen LogP) is 19.5. The standard InChI is InChI=1S/C70H46N6P2/c1-5-21-47(22-6-1)49-37-41-53(42-38-49)77-65-45-60-56-30-16-20-36-64(56)76(70-72-62-34-18-14-32-58(62)68(74-70)52-27-11-4-12-28-52)78(54-43-39-50(40-44-54)48-23-7-2-8-24-48)66(60)46-59(65)55-29-15-19-35-63(55)75(77)69-71-61-33-17-13-31-57(61)67(73-69)51-25-9-3-10-26-51/h1-46H. The van der Waals surface area contributed by atoms with Crippen LogP contribution in [0.15, 0.2) is 279 Å². The Kier molecular flexibility index (Phi) is 11.2. The number of benzene rings is 11. The minimum Gasteiger partial charge on any atom is -0.264 e. The molecule has 0 fully saturated rings. The summed E-state index contributed by atoms with van der Waals surface area (Å²) in [5.41, 5.74) is 12.5. The van der Waals surface area contributed by atoms with Crippen molar-refractivity contribution in [2.45, 2.75) is 0 Å². The van der Waals surface area contributed by atoms with E-state index in [1.807, 2.05) is 0 Å². The first-order valence-electron chi connectivity index (χ1n) is 26.2. The first-order chi connectivity index (χ1) is 38.7. The quantitative estimate of drug-likeness (QED) is 0.112. The molecule has 0 spiro atoms. The van der Waals surface area contributed by atoms with Gasteiger partial charge in [0.05, 0.1) is 33.5 Å². The van der Waals surface area contributed by atoms with Gasteiger partial charge in [-0.3, -0.25) is 8.66 Å². The summed E-state index contributed by atoms with van der Waals surface area (Å²) in [6, 6.07) is 100. The minimum absolute atomic E-state index is 0.664. The van der Waals surface area contributed by atoms with Gasteiger partial charge in [-0.2, -0.15) is 0 Å². The third kappa shape index (κ3) is 7.81. The number of hydrogen-bond acceptors (Lipinski definition) is 4. The van der Waals surface area contributed by atoms with Crippen LogP contribution in [-0.4, -0.2) is 28.6 Å². The number of rotatable bonds is 8. The number of fused-ring (bicyclic) bond motifs is 8. The number of hydrogen-bond donors (Lipinski definition) is 0. The van der Waals surface area contributed by atoms with E-state index in [4.69, 9.17) is 19.9 Å². The average Bonchev–Trinajstić information content (AvgIpc) is 3.69. The highest BCUT2D eigenvalue weighted by molar-refractivity contribution is 7.60. The fourth-order valence-electron chi connectivity index (χ4n) is 11.3. The van der Waals surface area contributed by atoms with Gasteiger partial charge >= 0.3 is 0 Å². The van der Waals surface area contributed by atoms with E-state index in [2.05, 4.69) is 288 Å². The molecule has 0 amide bonds. The van der Waals surface area contributed by atoms with Crippen LogP contribution in [0.1, 0.15) is 0 Å². The highest BCUT2D eigenvalue weighted by Crippen LogP contribution is 2.56. The lowest BCUT2D eigenvalue weighted by molar-refractivity contribution is 1.05. The van der Waals surface area contributed by atoms with Gasteiger partial charge in [-0.05, 0) is 109 Å². The second-order valence-corrected chi connectivity index (χ2v) is 23.5. The van der Waals surface area contributed by atoms with Crippen molar-refractivity contribution in [2.75, 3.05) is 0 Å². The van der Waals surface area contributed by atoms with Gasteiger partial charge in [-0.25, -0.2) is 19.9 Å². The maximum Gasteiger partial charge on any atom is 0.238 e. The van der Waals surface area contributed by atoms with Crippen LogP contribution in [0.2, 0.25) is 0 Å². The predicted molar refractivity (Wildman–Crippen MR) is 329 cm³/mol. The molecule has 0 N–H and O–H groups in total. The van der Waals surface area contributed by atoms with E-state index in [9.17, 15) is 0 Å². The molecule has 15 aromatic rings. The molecule has 11 aromatic carbocycles. The van der Waals surface area contributed by atoms with Crippen molar-refractivity contribution < 1.29 is 0 Å². The summed E-state index contributed by atoms with van der Waals surface area (Å²) in [5.74, 6) is 1.33.